The lowest BCUT2D eigenvalue weighted by Gasteiger charge is -2.29. The van der Waals surface area contributed by atoms with E-state index in [9.17, 15) is 19.2 Å². The molecule has 4 rings (SSSR count). The van der Waals surface area contributed by atoms with Gasteiger partial charge in [-0.1, -0.05) is 104 Å². The van der Waals surface area contributed by atoms with E-state index >= 15 is 0 Å². The molecule has 0 fully saturated rings. The monoisotopic (exact) mass is 714 g/mol. The van der Waals surface area contributed by atoms with Crippen LogP contribution in [0.25, 0.3) is 11.6 Å². The molecule has 270 valence electrons. The number of carbonyl (C=O) groups is 4. The molecule has 51 heavy (non-hydrogen) atoms. The van der Waals surface area contributed by atoms with Crippen molar-refractivity contribution in [2.24, 2.45) is 11.3 Å². The fourth-order valence-electron chi connectivity index (χ4n) is 5.56. The fourth-order valence-corrected chi connectivity index (χ4v) is 5.84. The average molecular weight is 715 g/mol. The SMILES string of the molecule is COc1ccc(CC2NC(=O)/C=C/CC(C/C(=C/c3ccccc3)c3ccccc3)OC(=O)[C@H](CC(C)C)OC(=O)C(C)(C)CNC2=O)cc1Cl. The van der Waals surface area contributed by atoms with Crippen LogP contribution in [0, 0.1) is 11.3 Å². The molecular weight excluding hydrogens is 668 g/mol. The van der Waals surface area contributed by atoms with E-state index in [1.54, 1.807) is 38.1 Å². The highest BCUT2D eigenvalue weighted by Gasteiger charge is 2.36. The normalized spacial score (nSPS) is 21.2. The summed E-state index contributed by atoms with van der Waals surface area (Å²) < 4.78 is 17.2. The number of esters is 2. The minimum absolute atomic E-state index is 0.0101. The van der Waals surface area contributed by atoms with Crippen molar-refractivity contribution in [1.82, 2.24) is 10.6 Å². The Morgan fingerprint density at radius 3 is 2.31 bits per heavy atom. The predicted octanol–water partition coefficient (Wildman–Crippen LogP) is 6.98. The van der Waals surface area contributed by atoms with Crippen LogP contribution >= 0.6 is 11.6 Å². The molecule has 3 atom stereocenters. The first kappa shape index (κ1) is 38.9. The molecule has 0 saturated heterocycles. The summed E-state index contributed by atoms with van der Waals surface area (Å²) in [5.41, 5.74) is 2.33. The Kier molecular flexibility index (Phi) is 14.0. The predicted molar refractivity (Wildman–Crippen MR) is 199 cm³/mol. The van der Waals surface area contributed by atoms with Crippen LogP contribution in [0.3, 0.4) is 0 Å². The molecule has 9 nitrogen and oxygen atoms in total. The number of hydrogen-bond acceptors (Lipinski definition) is 7. The summed E-state index contributed by atoms with van der Waals surface area (Å²) in [6, 6.07) is 23.8. The number of amides is 2. The lowest BCUT2D eigenvalue weighted by molar-refractivity contribution is -0.177. The Balaban J connectivity index is 1.69. The third-order valence-corrected chi connectivity index (χ3v) is 8.72. The third kappa shape index (κ3) is 11.9. The van der Waals surface area contributed by atoms with Gasteiger partial charge in [0.15, 0.2) is 6.10 Å². The standard InChI is InChI=1S/C41H47ClN2O7/c1-27(2)21-36-39(47)50-32(25-31(30-15-10-7-11-16-30)22-28-13-8-6-9-14-28)17-12-18-37(45)44-34(24-29-19-20-35(49-5)33(42)23-29)38(46)43-26-41(3,4)40(48)51-36/h6-16,18-20,22-23,27,32,34,36H,17,21,24-26H2,1-5H3,(H,43,46)(H,44,45)/b18-12+,31-22-/t32?,34?,36-/m0/s1. The number of methoxy groups -OCH3 is 1. The molecule has 0 spiro atoms. The first-order chi connectivity index (χ1) is 24.3. The van der Waals surface area contributed by atoms with Crippen molar-refractivity contribution in [1.29, 1.82) is 0 Å². The zero-order valence-corrected chi connectivity index (χ0v) is 30.6. The maximum Gasteiger partial charge on any atom is 0.347 e. The fraction of sp³-hybridized carbons (Fsp3) is 0.366. The summed E-state index contributed by atoms with van der Waals surface area (Å²) in [4.78, 5) is 54.1. The maximum absolute atomic E-state index is 13.8. The molecule has 1 heterocycles. The molecule has 0 aliphatic carbocycles. The average Bonchev–Trinajstić information content (AvgIpc) is 3.10. The molecule has 2 unspecified atom stereocenters. The first-order valence-electron chi connectivity index (χ1n) is 17.1. The van der Waals surface area contributed by atoms with E-state index in [1.807, 2.05) is 80.6 Å². The Hall–Kier alpha value is -4.89. The van der Waals surface area contributed by atoms with E-state index in [0.29, 0.717) is 22.8 Å². The van der Waals surface area contributed by atoms with Crippen molar-refractivity contribution in [2.75, 3.05) is 13.7 Å². The van der Waals surface area contributed by atoms with Gasteiger partial charge in [-0.05, 0) is 66.7 Å². The molecule has 1 aliphatic rings. The van der Waals surface area contributed by atoms with Crippen molar-refractivity contribution < 1.29 is 33.4 Å². The Bertz CT molecular complexity index is 1720. The molecule has 2 N–H and O–H groups in total. The Morgan fingerprint density at radius 1 is 0.980 bits per heavy atom. The summed E-state index contributed by atoms with van der Waals surface area (Å²) >= 11 is 6.35. The molecule has 0 aromatic heterocycles. The van der Waals surface area contributed by atoms with Crippen LogP contribution in [0.1, 0.15) is 63.6 Å². The summed E-state index contributed by atoms with van der Waals surface area (Å²) in [6.07, 6.45) is 3.99. The molecule has 2 amide bonds. The van der Waals surface area contributed by atoms with Gasteiger partial charge < -0.3 is 24.8 Å². The summed E-state index contributed by atoms with van der Waals surface area (Å²) in [5, 5.41) is 5.94. The maximum atomic E-state index is 13.8. The number of carbonyl (C=O) groups excluding carboxylic acids is 4. The zero-order chi connectivity index (χ0) is 37.0. The second-order valence-electron chi connectivity index (χ2n) is 13.7. The van der Waals surface area contributed by atoms with E-state index in [2.05, 4.69) is 10.6 Å². The quantitative estimate of drug-likeness (QED) is 0.181. The highest BCUT2D eigenvalue weighted by Crippen LogP contribution is 2.28. The Labute approximate surface area is 305 Å². The number of benzene rings is 3. The van der Waals surface area contributed by atoms with Crippen LogP contribution in [-0.4, -0.2) is 55.7 Å². The van der Waals surface area contributed by atoms with Gasteiger partial charge >= 0.3 is 11.9 Å². The molecule has 0 radical (unpaired) electrons. The summed E-state index contributed by atoms with van der Waals surface area (Å²) in [7, 11) is 1.51. The summed E-state index contributed by atoms with van der Waals surface area (Å²) in [6.45, 7) is 7.00. The van der Waals surface area contributed by atoms with Gasteiger partial charge in [0.1, 0.15) is 17.9 Å². The molecule has 0 bridgehead atoms. The van der Waals surface area contributed by atoms with Crippen molar-refractivity contribution in [3.05, 3.63) is 113 Å². The number of ether oxygens (including phenoxy) is 3. The van der Waals surface area contributed by atoms with Crippen LogP contribution < -0.4 is 15.4 Å². The van der Waals surface area contributed by atoms with Crippen LogP contribution in [-0.2, 0) is 35.1 Å². The van der Waals surface area contributed by atoms with Crippen molar-refractivity contribution in [2.45, 2.75) is 71.6 Å². The van der Waals surface area contributed by atoms with E-state index in [4.69, 9.17) is 25.8 Å². The van der Waals surface area contributed by atoms with Gasteiger partial charge in [0.05, 0.1) is 17.5 Å². The highest BCUT2D eigenvalue weighted by atomic mass is 35.5. The van der Waals surface area contributed by atoms with Crippen LogP contribution in [0.2, 0.25) is 5.02 Å². The topological polar surface area (TPSA) is 120 Å². The minimum atomic E-state index is -1.21. The van der Waals surface area contributed by atoms with Gasteiger partial charge in [-0.3, -0.25) is 14.4 Å². The molecule has 10 heteroatoms. The second kappa shape index (κ2) is 18.4. The smallest absolute Gasteiger partial charge is 0.347 e. The van der Waals surface area contributed by atoms with E-state index in [0.717, 1.165) is 16.7 Å². The highest BCUT2D eigenvalue weighted by molar-refractivity contribution is 6.32. The van der Waals surface area contributed by atoms with Gasteiger partial charge in [-0.25, -0.2) is 4.79 Å². The number of hydrogen-bond donors (Lipinski definition) is 2. The number of nitrogens with one attached hydrogen (secondary N) is 2. The van der Waals surface area contributed by atoms with Crippen molar-refractivity contribution in [3.8, 4) is 5.75 Å². The van der Waals surface area contributed by atoms with Crippen LogP contribution in [0.15, 0.2) is 91.0 Å². The molecular formula is C41H47ClN2O7. The molecule has 3 aromatic carbocycles. The van der Waals surface area contributed by atoms with Gasteiger partial charge in [-0.15, -0.1) is 0 Å². The van der Waals surface area contributed by atoms with Crippen molar-refractivity contribution >= 4 is 47.0 Å². The van der Waals surface area contributed by atoms with Gasteiger partial charge in [0, 0.05) is 25.8 Å². The van der Waals surface area contributed by atoms with Crippen LogP contribution in [0.5, 0.6) is 5.75 Å². The van der Waals surface area contributed by atoms with Crippen molar-refractivity contribution in [3.63, 3.8) is 0 Å². The van der Waals surface area contributed by atoms with Gasteiger partial charge in [0.25, 0.3) is 0 Å². The van der Waals surface area contributed by atoms with E-state index in [-0.39, 0.29) is 31.7 Å². The Morgan fingerprint density at radius 2 is 1.67 bits per heavy atom. The summed E-state index contributed by atoms with van der Waals surface area (Å²) in [5.74, 6) is -1.84. The molecule has 3 aromatic rings. The van der Waals surface area contributed by atoms with E-state index < -0.39 is 47.4 Å². The lowest BCUT2D eigenvalue weighted by atomic mass is 9.93. The largest absolute Gasteiger partial charge is 0.495 e. The number of rotatable bonds is 9. The number of cyclic esters (lactones) is 2. The third-order valence-electron chi connectivity index (χ3n) is 8.43. The number of halogens is 1. The first-order valence-corrected chi connectivity index (χ1v) is 17.5. The molecule has 0 saturated carbocycles. The van der Waals surface area contributed by atoms with Gasteiger partial charge in [0.2, 0.25) is 11.8 Å². The van der Waals surface area contributed by atoms with Gasteiger partial charge in [-0.2, -0.15) is 0 Å². The van der Waals surface area contributed by atoms with Crippen LogP contribution in [0.4, 0.5) is 0 Å². The minimum Gasteiger partial charge on any atom is -0.495 e. The lowest BCUT2D eigenvalue weighted by Crippen LogP contribution is -2.51. The zero-order valence-electron chi connectivity index (χ0n) is 29.8. The second-order valence-corrected chi connectivity index (χ2v) is 14.1. The van der Waals surface area contributed by atoms with E-state index in [1.165, 1.54) is 13.2 Å². The molecule has 1 aliphatic heterocycles.